The van der Waals surface area contributed by atoms with Gasteiger partial charge in [0.2, 0.25) is 17.7 Å². The van der Waals surface area contributed by atoms with E-state index in [1.54, 1.807) is 74.2 Å². The normalized spacial score (nSPS) is 13.7. The molecule has 0 unspecified atom stereocenters. The molecule has 0 saturated heterocycles. The molecule has 1 aliphatic carbocycles. The first-order valence-electron chi connectivity index (χ1n) is 15.9. The fourth-order valence-electron chi connectivity index (χ4n) is 5.75. The average Bonchev–Trinajstić information content (AvgIpc) is 3.85. The molecule has 3 aromatic heterocycles. The van der Waals surface area contributed by atoms with Crippen LogP contribution in [0.25, 0.3) is 22.8 Å². The molecule has 0 spiro atoms. The third-order valence-electron chi connectivity index (χ3n) is 8.55. The summed E-state index contributed by atoms with van der Waals surface area (Å²) in [6, 6.07) is 12.6. The van der Waals surface area contributed by atoms with Crippen molar-refractivity contribution < 1.29 is 22.7 Å². The molecule has 2 aromatic carbocycles. The second kappa shape index (κ2) is 13.6. The van der Waals surface area contributed by atoms with Crippen LogP contribution in [0.4, 0.5) is 19.1 Å². The van der Waals surface area contributed by atoms with E-state index in [1.807, 2.05) is 0 Å². The number of hydrogen-bond acceptors (Lipinski definition) is 10. The molecule has 5 aromatic rings. The largest absolute Gasteiger partial charge is 0.480 e. The number of nitrogens with zero attached hydrogens (tertiary/aromatic N) is 8. The van der Waals surface area contributed by atoms with Gasteiger partial charge in [-0.05, 0) is 45.2 Å². The van der Waals surface area contributed by atoms with Gasteiger partial charge in [0, 0.05) is 41.4 Å². The number of hydrogen-bond donors (Lipinski definition) is 2. The summed E-state index contributed by atoms with van der Waals surface area (Å²) in [5.74, 6) is 0.608. The van der Waals surface area contributed by atoms with E-state index in [1.165, 1.54) is 24.3 Å². The first-order chi connectivity index (χ1) is 23.9. The first-order valence-corrected chi connectivity index (χ1v) is 15.9. The van der Waals surface area contributed by atoms with E-state index >= 15 is 0 Å². The maximum atomic E-state index is 13.6. The molecule has 15 heteroatoms. The van der Waals surface area contributed by atoms with Crippen molar-refractivity contribution in [2.24, 2.45) is 5.73 Å². The zero-order valence-corrected chi connectivity index (χ0v) is 27.8. The first kappa shape index (κ1) is 34.1. The minimum atomic E-state index is -4.58. The minimum absolute atomic E-state index is 0.0934. The molecule has 0 bridgehead atoms. The monoisotopic (exact) mass is 684 g/mol. The number of benzene rings is 2. The summed E-state index contributed by atoms with van der Waals surface area (Å²) in [4.78, 5) is 40.6. The van der Waals surface area contributed by atoms with Gasteiger partial charge < -0.3 is 25.3 Å². The van der Waals surface area contributed by atoms with Crippen LogP contribution in [0.5, 0.6) is 5.88 Å². The Labute approximate surface area is 286 Å². The summed E-state index contributed by atoms with van der Waals surface area (Å²) in [5, 5.41) is 9.20. The number of ether oxygens (including phenoxy) is 1. The van der Waals surface area contributed by atoms with Gasteiger partial charge in [-0.2, -0.15) is 18.2 Å². The summed E-state index contributed by atoms with van der Waals surface area (Å²) in [5.41, 5.74) is 7.94. The van der Waals surface area contributed by atoms with E-state index in [2.05, 4.69) is 24.9 Å². The Balaban J connectivity index is 1.40. The maximum absolute atomic E-state index is 13.6. The highest BCUT2D eigenvalue weighted by Crippen LogP contribution is 2.45. The van der Waals surface area contributed by atoms with Crippen LogP contribution in [0.3, 0.4) is 0 Å². The van der Waals surface area contributed by atoms with Gasteiger partial charge in [-0.1, -0.05) is 42.5 Å². The van der Waals surface area contributed by atoms with E-state index in [9.17, 15) is 23.4 Å². The molecule has 12 nitrogen and oxygen atoms in total. The van der Waals surface area contributed by atoms with E-state index in [0.717, 1.165) is 30.3 Å². The van der Waals surface area contributed by atoms with E-state index < -0.39 is 23.8 Å². The third kappa shape index (κ3) is 6.88. The Bertz CT molecular complexity index is 2040. The average molecular weight is 685 g/mol. The van der Waals surface area contributed by atoms with Crippen molar-refractivity contribution in [1.29, 1.82) is 5.41 Å². The molecule has 1 aliphatic rings. The molecular weight excluding hydrogens is 649 g/mol. The van der Waals surface area contributed by atoms with Crippen molar-refractivity contribution in [1.82, 2.24) is 34.5 Å². The van der Waals surface area contributed by atoms with Crippen LogP contribution < -0.4 is 15.4 Å². The van der Waals surface area contributed by atoms with Crippen LogP contribution in [-0.4, -0.2) is 59.2 Å². The predicted octanol–water partition coefficient (Wildman–Crippen LogP) is 6.24. The zero-order valence-electron chi connectivity index (χ0n) is 27.8. The van der Waals surface area contributed by atoms with E-state index in [-0.39, 0.29) is 41.6 Å². The van der Waals surface area contributed by atoms with Crippen LogP contribution in [0.1, 0.15) is 78.4 Å². The molecule has 1 saturated carbocycles. The summed E-state index contributed by atoms with van der Waals surface area (Å²) >= 11 is 0. The lowest BCUT2D eigenvalue weighted by Crippen LogP contribution is -2.40. The minimum Gasteiger partial charge on any atom is -0.480 e. The summed E-state index contributed by atoms with van der Waals surface area (Å²) in [6.07, 6.45) is 1.19. The highest BCUT2D eigenvalue weighted by atomic mass is 19.4. The topological polar surface area (TPSA) is 162 Å². The highest BCUT2D eigenvalue weighted by molar-refractivity contribution is 6.11. The fraction of sp³-hybridized carbons (Fsp3) is 0.314. The number of anilines is 1. The van der Waals surface area contributed by atoms with E-state index in [4.69, 9.17) is 15.5 Å². The van der Waals surface area contributed by atoms with Gasteiger partial charge in [-0.3, -0.25) is 4.79 Å². The van der Waals surface area contributed by atoms with Gasteiger partial charge in [0.15, 0.2) is 11.5 Å². The standard InChI is InChI=1S/C35H35F3N10O2/c1-19(2)47-16-26(35(36,37)38)45-32(47)23-11-9-21(10-12-23)15-48(20(3)28(39)24-7-5-6-8-25(24)30(40)49)34-44-18-42-31(46-34)27-29(22-13-14-22)41-17-43-33(27)50-4/h5-12,16-20,22,39H,13-15H2,1-4H3,(H2,40,49)/t20-/m1/s1. The van der Waals surface area contributed by atoms with Crippen molar-refractivity contribution in [3.8, 4) is 28.7 Å². The van der Waals surface area contributed by atoms with Gasteiger partial charge in [-0.15, -0.1) is 0 Å². The van der Waals surface area contributed by atoms with Crippen molar-refractivity contribution in [3.63, 3.8) is 0 Å². The number of aromatic nitrogens is 7. The number of nitrogens with one attached hydrogen (secondary N) is 1. The number of carbonyl (C=O) groups is 1. The number of carbonyl (C=O) groups excluding carboxylic acids is 1. The lowest BCUT2D eigenvalue weighted by molar-refractivity contribution is -0.140. The SMILES string of the molecule is COc1ncnc(C2CC2)c1-c1ncnc(N(Cc2ccc(-c3nc(C(F)(F)F)cn3C(C)C)cc2)[C@H](C)C(=N)c2ccccc2C(N)=O)n1. The van der Waals surface area contributed by atoms with Crippen LogP contribution in [0, 0.1) is 5.41 Å². The van der Waals surface area contributed by atoms with Crippen LogP contribution >= 0.6 is 0 Å². The van der Waals surface area contributed by atoms with Gasteiger partial charge in [-0.25, -0.2) is 24.9 Å². The van der Waals surface area contributed by atoms with Crippen molar-refractivity contribution >= 4 is 17.6 Å². The Morgan fingerprint density at radius 2 is 1.68 bits per heavy atom. The molecule has 1 atom stereocenters. The summed E-state index contributed by atoms with van der Waals surface area (Å²) in [6.45, 7) is 5.55. The molecule has 50 heavy (non-hydrogen) atoms. The molecular formula is C35H35F3N10O2. The number of alkyl halides is 3. The van der Waals surface area contributed by atoms with Crippen LogP contribution in [0.2, 0.25) is 0 Å². The number of amides is 1. The Hall–Kier alpha value is -5.73. The van der Waals surface area contributed by atoms with Crippen molar-refractivity contribution in [3.05, 3.63) is 95.5 Å². The Morgan fingerprint density at radius 1 is 1.00 bits per heavy atom. The number of primary amides is 1. The Kier molecular flexibility index (Phi) is 9.32. The number of imidazole rings is 1. The molecule has 1 fully saturated rings. The van der Waals surface area contributed by atoms with Crippen molar-refractivity contribution in [2.45, 2.75) is 64.3 Å². The molecule has 1 amide bonds. The lowest BCUT2D eigenvalue weighted by Gasteiger charge is -2.30. The fourth-order valence-corrected chi connectivity index (χ4v) is 5.75. The van der Waals surface area contributed by atoms with Gasteiger partial charge >= 0.3 is 6.18 Å². The molecule has 3 N–H and O–H groups in total. The van der Waals surface area contributed by atoms with Gasteiger partial charge in [0.05, 0.1) is 24.6 Å². The summed E-state index contributed by atoms with van der Waals surface area (Å²) < 4.78 is 47.7. The van der Waals surface area contributed by atoms with Gasteiger partial charge in [0.1, 0.15) is 24.0 Å². The number of halogens is 3. The highest BCUT2D eigenvalue weighted by Gasteiger charge is 2.36. The Morgan fingerprint density at radius 3 is 2.30 bits per heavy atom. The summed E-state index contributed by atoms with van der Waals surface area (Å²) in [7, 11) is 1.51. The number of nitrogens with two attached hydrogens (primary N) is 1. The van der Waals surface area contributed by atoms with Crippen LogP contribution in [-0.2, 0) is 12.7 Å². The van der Waals surface area contributed by atoms with E-state index in [0.29, 0.717) is 28.4 Å². The molecule has 3 heterocycles. The van der Waals surface area contributed by atoms with Crippen molar-refractivity contribution in [2.75, 3.05) is 12.0 Å². The molecule has 258 valence electrons. The quantitative estimate of drug-likeness (QED) is 0.145. The lowest BCUT2D eigenvalue weighted by atomic mass is 9.97. The zero-order chi connectivity index (χ0) is 35.7. The number of methoxy groups -OCH3 is 1. The molecule has 6 rings (SSSR count). The predicted molar refractivity (Wildman–Crippen MR) is 180 cm³/mol. The van der Waals surface area contributed by atoms with Gasteiger partial charge in [0.25, 0.3) is 0 Å². The second-order valence-corrected chi connectivity index (χ2v) is 12.3. The maximum Gasteiger partial charge on any atom is 0.434 e. The number of rotatable bonds is 12. The van der Waals surface area contributed by atoms with Crippen LogP contribution in [0.15, 0.2) is 67.4 Å². The molecule has 0 radical (unpaired) electrons. The smallest absolute Gasteiger partial charge is 0.434 e. The molecule has 0 aliphatic heterocycles. The second-order valence-electron chi connectivity index (χ2n) is 12.3. The third-order valence-corrected chi connectivity index (χ3v) is 8.55.